The number of rotatable bonds is 7. The standard InChI is InChI=1S/C18H25N5O2S.HI/c1-5-25-17(24)15-12(2)22-16(26-15)13(3)23-18(19-4)21-10-8-14-7-6-9-20-11-14;/h6-7,9,11,13H,5,8,10H2,1-4H3,(H2,19,21,23);1H. The van der Waals surface area contributed by atoms with Crippen LogP contribution in [0.4, 0.5) is 0 Å². The van der Waals surface area contributed by atoms with Crippen molar-refractivity contribution in [3.8, 4) is 0 Å². The molecule has 2 aromatic rings. The molecule has 2 aromatic heterocycles. The molecule has 27 heavy (non-hydrogen) atoms. The molecular formula is C18H26IN5O2S. The monoisotopic (exact) mass is 503 g/mol. The van der Waals surface area contributed by atoms with Crippen LogP contribution in [0.1, 0.15) is 45.8 Å². The number of carbonyl (C=O) groups excluding carboxylic acids is 1. The zero-order valence-corrected chi connectivity index (χ0v) is 19.1. The number of hydrogen-bond acceptors (Lipinski definition) is 6. The zero-order chi connectivity index (χ0) is 18.9. The van der Waals surface area contributed by atoms with Gasteiger partial charge < -0.3 is 15.4 Å². The van der Waals surface area contributed by atoms with Gasteiger partial charge in [-0.05, 0) is 38.8 Å². The Labute approximate surface area is 181 Å². The summed E-state index contributed by atoms with van der Waals surface area (Å²) in [5, 5.41) is 7.40. The third kappa shape index (κ3) is 7.06. The number of carbonyl (C=O) groups is 1. The fraction of sp³-hybridized carbons (Fsp3) is 0.444. The second-order valence-corrected chi connectivity index (χ2v) is 6.69. The lowest BCUT2D eigenvalue weighted by atomic mass is 10.2. The van der Waals surface area contributed by atoms with Crippen molar-refractivity contribution in [3.05, 3.63) is 45.7 Å². The number of halogens is 1. The molecule has 2 N–H and O–H groups in total. The largest absolute Gasteiger partial charge is 0.462 e. The van der Waals surface area contributed by atoms with Gasteiger partial charge in [0.25, 0.3) is 0 Å². The van der Waals surface area contributed by atoms with Gasteiger partial charge in [0.1, 0.15) is 9.88 Å². The first-order valence-corrected chi connectivity index (χ1v) is 9.37. The van der Waals surface area contributed by atoms with E-state index in [2.05, 4.69) is 25.6 Å². The third-order valence-electron chi connectivity index (χ3n) is 3.65. The summed E-state index contributed by atoms with van der Waals surface area (Å²) in [7, 11) is 1.73. The summed E-state index contributed by atoms with van der Waals surface area (Å²) in [4.78, 5) is 25.3. The minimum absolute atomic E-state index is 0. The van der Waals surface area contributed by atoms with E-state index in [0.29, 0.717) is 23.1 Å². The Morgan fingerprint density at radius 2 is 2.22 bits per heavy atom. The van der Waals surface area contributed by atoms with Crippen LogP contribution < -0.4 is 10.6 Å². The average Bonchev–Trinajstić information content (AvgIpc) is 3.04. The lowest BCUT2D eigenvalue weighted by molar-refractivity contribution is 0.0531. The van der Waals surface area contributed by atoms with Crippen molar-refractivity contribution >= 4 is 47.2 Å². The normalized spacial score (nSPS) is 12.1. The summed E-state index contributed by atoms with van der Waals surface area (Å²) in [6.07, 6.45) is 4.47. The van der Waals surface area contributed by atoms with Crippen LogP contribution in [0.15, 0.2) is 29.5 Å². The summed E-state index contributed by atoms with van der Waals surface area (Å²) in [6, 6.07) is 3.89. The summed E-state index contributed by atoms with van der Waals surface area (Å²) in [5.74, 6) is 0.367. The summed E-state index contributed by atoms with van der Waals surface area (Å²) in [6.45, 7) is 6.69. The van der Waals surface area contributed by atoms with Crippen molar-refractivity contribution in [1.82, 2.24) is 20.6 Å². The van der Waals surface area contributed by atoms with Crippen LogP contribution in [-0.4, -0.2) is 42.1 Å². The predicted octanol–water partition coefficient (Wildman–Crippen LogP) is 3.11. The van der Waals surface area contributed by atoms with E-state index in [1.807, 2.05) is 32.2 Å². The van der Waals surface area contributed by atoms with Gasteiger partial charge in [0.15, 0.2) is 5.96 Å². The number of pyridine rings is 1. The van der Waals surface area contributed by atoms with E-state index in [1.165, 1.54) is 11.3 Å². The Balaban J connectivity index is 0.00000364. The number of aliphatic imine (C=N–C) groups is 1. The van der Waals surface area contributed by atoms with E-state index in [9.17, 15) is 4.79 Å². The number of ether oxygens (including phenoxy) is 1. The van der Waals surface area contributed by atoms with Gasteiger partial charge in [-0.15, -0.1) is 35.3 Å². The van der Waals surface area contributed by atoms with Gasteiger partial charge in [-0.3, -0.25) is 9.98 Å². The van der Waals surface area contributed by atoms with Crippen LogP contribution >= 0.6 is 35.3 Å². The molecule has 0 aromatic carbocycles. The van der Waals surface area contributed by atoms with E-state index in [4.69, 9.17) is 4.74 Å². The van der Waals surface area contributed by atoms with Crippen molar-refractivity contribution in [2.75, 3.05) is 20.2 Å². The average molecular weight is 503 g/mol. The summed E-state index contributed by atoms with van der Waals surface area (Å²) >= 11 is 1.35. The number of esters is 1. The van der Waals surface area contributed by atoms with Crippen molar-refractivity contribution in [2.45, 2.75) is 33.2 Å². The molecule has 0 aliphatic rings. The van der Waals surface area contributed by atoms with E-state index in [1.54, 1.807) is 20.2 Å². The van der Waals surface area contributed by atoms with Crippen molar-refractivity contribution in [3.63, 3.8) is 0 Å². The molecule has 2 rings (SSSR count). The smallest absolute Gasteiger partial charge is 0.350 e. The second-order valence-electron chi connectivity index (χ2n) is 5.66. The molecule has 2 heterocycles. The molecule has 9 heteroatoms. The molecule has 1 atom stereocenters. The molecule has 1 unspecified atom stereocenters. The lowest BCUT2D eigenvalue weighted by Gasteiger charge is -2.16. The highest BCUT2D eigenvalue weighted by Crippen LogP contribution is 2.24. The van der Waals surface area contributed by atoms with Crippen LogP contribution in [0.2, 0.25) is 0 Å². The fourth-order valence-corrected chi connectivity index (χ4v) is 3.28. The van der Waals surface area contributed by atoms with Crippen LogP contribution in [-0.2, 0) is 11.2 Å². The highest BCUT2D eigenvalue weighted by atomic mass is 127. The van der Waals surface area contributed by atoms with E-state index >= 15 is 0 Å². The van der Waals surface area contributed by atoms with Gasteiger partial charge in [0, 0.05) is 26.0 Å². The predicted molar refractivity (Wildman–Crippen MR) is 119 cm³/mol. The minimum atomic E-state index is -0.320. The summed E-state index contributed by atoms with van der Waals surface area (Å²) < 4.78 is 5.07. The molecule has 0 bridgehead atoms. The molecule has 7 nitrogen and oxygen atoms in total. The van der Waals surface area contributed by atoms with Crippen LogP contribution in [0.3, 0.4) is 0 Å². The molecule has 148 valence electrons. The number of hydrogen-bond donors (Lipinski definition) is 2. The van der Waals surface area contributed by atoms with Gasteiger partial charge in [-0.25, -0.2) is 9.78 Å². The topological polar surface area (TPSA) is 88.5 Å². The van der Waals surface area contributed by atoms with Crippen molar-refractivity contribution in [1.29, 1.82) is 0 Å². The lowest BCUT2D eigenvalue weighted by Crippen LogP contribution is -2.39. The third-order valence-corrected chi connectivity index (χ3v) is 4.97. The Morgan fingerprint density at radius 3 is 2.85 bits per heavy atom. The van der Waals surface area contributed by atoms with Crippen molar-refractivity contribution in [2.24, 2.45) is 4.99 Å². The molecule has 0 amide bonds. The van der Waals surface area contributed by atoms with E-state index in [-0.39, 0.29) is 36.0 Å². The van der Waals surface area contributed by atoms with E-state index < -0.39 is 0 Å². The highest BCUT2D eigenvalue weighted by molar-refractivity contribution is 14.0. The molecule has 0 radical (unpaired) electrons. The van der Waals surface area contributed by atoms with E-state index in [0.717, 1.165) is 23.5 Å². The van der Waals surface area contributed by atoms with Gasteiger partial charge in [-0.2, -0.15) is 0 Å². The molecule has 0 aliphatic carbocycles. The quantitative estimate of drug-likeness (QED) is 0.261. The van der Waals surface area contributed by atoms with Gasteiger partial charge in [0.2, 0.25) is 0 Å². The Bertz CT molecular complexity index is 751. The maximum Gasteiger partial charge on any atom is 0.350 e. The van der Waals surface area contributed by atoms with Gasteiger partial charge >= 0.3 is 5.97 Å². The highest BCUT2D eigenvalue weighted by Gasteiger charge is 2.20. The number of nitrogens with zero attached hydrogens (tertiary/aromatic N) is 3. The molecule has 0 saturated heterocycles. The first kappa shape index (κ1) is 23.3. The Morgan fingerprint density at radius 1 is 1.44 bits per heavy atom. The van der Waals surface area contributed by atoms with Gasteiger partial charge in [-0.1, -0.05) is 6.07 Å². The van der Waals surface area contributed by atoms with Crippen LogP contribution in [0.5, 0.6) is 0 Å². The molecule has 0 fully saturated rings. The first-order chi connectivity index (χ1) is 12.5. The van der Waals surface area contributed by atoms with Crippen molar-refractivity contribution < 1.29 is 9.53 Å². The number of nitrogens with one attached hydrogen (secondary N) is 2. The number of thiazole rings is 1. The van der Waals surface area contributed by atoms with Crippen LogP contribution in [0.25, 0.3) is 0 Å². The molecular weight excluding hydrogens is 477 g/mol. The SMILES string of the molecule is CCOC(=O)c1sc(C(C)NC(=NC)NCCc2cccnc2)nc1C.I. The number of aromatic nitrogens is 2. The Hall–Kier alpha value is -1.75. The molecule has 0 saturated carbocycles. The number of aryl methyl sites for hydroxylation is 1. The maximum atomic E-state index is 11.9. The zero-order valence-electron chi connectivity index (χ0n) is 16.0. The Kier molecular flexibility index (Phi) is 10.2. The van der Waals surface area contributed by atoms with Crippen LogP contribution in [0, 0.1) is 6.92 Å². The summed E-state index contributed by atoms with van der Waals surface area (Å²) in [5.41, 5.74) is 1.86. The molecule has 0 spiro atoms. The first-order valence-electron chi connectivity index (χ1n) is 8.55. The minimum Gasteiger partial charge on any atom is -0.462 e. The fourth-order valence-electron chi connectivity index (χ4n) is 2.32. The molecule has 0 aliphatic heterocycles. The second kappa shape index (κ2) is 11.9. The maximum absolute atomic E-state index is 11.9. The van der Waals surface area contributed by atoms with Gasteiger partial charge in [0.05, 0.1) is 18.3 Å². The number of guanidine groups is 1.